The van der Waals surface area contributed by atoms with Gasteiger partial charge in [0.2, 0.25) is 0 Å². The standard InChI is InChI=1S/C18H22N4O/c1-22(12-14-7-3-2-4-8-14)18(23)16-11-17(20-13-19-16)21-15-9-5-6-10-15/h2-4,7-8,11,13,15H,5-6,9-10,12H2,1H3,(H,19,20,21). The molecule has 5 nitrogen and oxygen atoms in total. The number of aromatic nitrogens is 2. The summed E-state index contributed by atoms with van der Waals surface area (Å²) in [6.45, 7) is 0.565. The zero-order chi connectivity index (χ0) is 16.1. The van der Waals surface area contributed by atoms with Crippen molar-refractivity contribution in [1.82, 2.24) is 14.9 Å². The van der Waals surface area contributed by atoms with E-state index < -0.39 is 0 Å². The number of rotatable bonds is 5. The fourth-order valence-corrected chi connectivity index (χ4v) is 2.96. The summed E-state index contributed by atoms with van der Waals surface area (Å²) in [6.07, 6.45) is 6.31. The SMILES string of the molecule is CN(Cc1ccccc1)C(=O)c1cc(NC2CCCC2)ncn1. The van der Waals surface area contributed by atoms with Gasteiger partial charge in [-0.3, -0.25) is 4.79 Å². The molecule has 1 fully saturated rings. The molecule has 1 aliphatic rings. The van der Waals surface area contributed by atoms with Crippen LogP contribution in [-0.4, -0.2) is 33.9 Å². The number of amides is 1. The lowest BCUT2D eigenvalue weighted by Crippen LogP contribution is -2.27. The minimum atomic E-state index is -0.0919. The Balaban J connectivity index is 1.66. The van der Waals surface area contributed by atoms with Crippen LogP contribution in [0, 0.1) is 0 Å². The molecule has 0 atom stereocenters. The number of carbonyl (C=O) groups excluding carboxylic acids is 1. The molecule has 0 spiro atoms. The number of benzene rings is 1. The van der Waals surface area contributed by atoms with Crippen molar-refractivity contribution in [2.75, 3.05) is 12.4 Å². The third kappa shape index (κ3) is 4.06. The highest BCUT2D eigenvalue weighted by Gasteiger charge is 2.17. The molecule has 1 amide bonds. The summed E-state index contributed by atoms with van der Waals surface area (Å²) in [6, 6.07) is 12.2. The summed E-state index contributed by atoms with van der Waals surface area (Å²) in [5, 5.41) is 3.40. The van der Waals surface area contributed by atoms with E-state index in [4.69, 9.17) is 0 Å². The Labute approximate surface area is 136 Å². The summed E-state index contributed by atoms with van der Waals surface area (Å²) >= 11 is 0. The first-order valence-electron chi connectivity index (χ1n) is 8.10. The number of carbonyl (C=O) groups is 1. The highest BCUT2D eigenvalue weighted by Crippen LogP contribution is 2.21. The van der Waals surface area contributed by atoms with E-state index in [1.807, 2.05) is 30.3 Å². The van der Waals surface area contributed by atoms with Crippen molar-refractivity contribution >= 4 is 11.7 Å². The third-order valence-corrected chi connectivity index (χ3v) is 4.20. The first-order chi connectivity index (χ1) is 11.2. The van der Waals surface area contributed by atoms with Crippen molar-refractivity contribution in [3.8, 4) is 0 Å². The van der Waals surface area contributed by atoms with Gasteiger partial charge < -0.3 is 10.2 Å². The molecule has 1 heterocycles. The molecule has 1 saturated carbocycles. The van der Waals surface area contributed by atoms with Crippen LogP contribution in [-0.2, 0) is 6.54 Å². The molecule has 0 radical (unpaired) electrons. The average Bonchev–Trinajstić information content (AvgIpc) is 3.08. The van der Waals surface area contributed by atoms with E-state index in [0.717, 1.165) is 11.4 Å². The molecule has 0 bridgehead atoms. The largest absolute Gasteiger partial charge is 0.367 e. The van der Waals surface area contributed by atoms with Crippen LogP contribution in [0.15, 0.2) is 42.7 Å². The van der Waals surface area contributed by atoms with Gasteiger partial charge in [-0.25, -0.2) is 9.97 Å². The van der Waals surface area contributed by atoms with Gasteiger partial charge in [-0.05, 0) is 18.4 Å². The van der Waals surface area contributed by atoms with Crippen LogP contribution in [0.25, 0.3) is 0 Å². The lowest BCUT2D eigenvalue weighted by Gasteiger charge is -2.17. The number of hydrogen-bond donors (Lipinski definition) is 1. The van der Waals surface area contributed by atoms with Crippen LogP contribution in [0.1, 0.15) is 41.7 Å². The summed E-state index contributed by atoms with van der Waals surface area (Å²) < 4.78 is 0. The molecule has 5 heteroatoms. The van der Waals surface area contributed by atoms with E-state index in [9.17, 15) is 4.79 Å². The molecule has 2 aromatic rings. The third-order valence-electron chi connectivity index (χ3n) is 4.20. The monoisotopic (exact) mass is 310 g/mol. The Morgan fingerprint density at radius 3 is 2.70 bits per heavy atom. The van der Waals surface area contributed by atoms with Gasteiger partial charge in [0, 0.05) is 25.7 Å². The number of nitrogens with one attached hydrogen (secondary N) is 1. The number of anilines is 1. The van der Waals surface area contributed by atoms with E-state index in [-0.39, 0.29) is 5.91 Å². The topological polar surface area (TPSA) is 58.1 Å². The van der Waals surface area contributed by atoms with E-state index >= 15 is 0 Å². The quantitative estimate of drug-likeness (QED) is 0.922. The number of nitrogens with zero attached hydrogens (tertiary/aromatic N) is 3. The Bertz CT molecular complexity index is 653. The van der Waals surface area contributed by atoms with Gasteiger partial charge in [-0.1, -0.05) is 43.2 Å². The van der Waals surface area contributed by atoms with Gasteiger partial charge in [0.15, 0.2) is 0 Å². The Kier molecular flexibility index (Phi) is 4.86. The minimum absolute atomic E-state index is 0.0919. The fraction of sp³-hybridized carbons (Fsp3) is 0.389. The fourth-order valence-electron chi connectivity index (χ4n) is 2.96. The van der Waals surface area contributed by atoms with Gasteiger partial charge in [0.1, 0.15) is 17.8 Å². The molecule has 0 unspecified atom stereocenters. The van der Waals surface area contributed by atoms with Crippen molar-refractivity contribution in [2.45, 2.75) is 38.3 Å². The molecular formula is C18H22N4O. The second-order valence-corrected chi connectivity index (χ2v) is 6.06. The van der Waals surface area contributed by atoms with Crippen LogP contribution in [0.3, 0.4) is 0 Å². The van der Waals surface area contributed by atoms with Crippen molar-refractivity contribution in [3.05, 3.63) is 54.0 Å². The van der Waals surface area contributed by atoms with Crippen LogP contribution in [0.2, 0.25) is 0 Å². The zero-order valence-electron chi connectivity index (χ0n) is 13.4. The Hall–Kier alpha value is -2.43. The summed E-state index contributed by atoms with van der Waals surface area (Å²) in [4.78, 5) is 22.6. The summed E-state index contributed by atoms with van der Waals surface area (Å²) in [5.74, 6) is 0.647. The highest BCUT2D eigenvalue weighted by atomic mass is 16.2. The lowest BCUT2D eigenvalue weighted by atomic mass is 10.2. The molecule has 3 rings (SSSR count). The predicted octanol–water partition coefficient (Wildman–Crippen LogP) is 3.10. The predicted molar refractivity (Wildman–Crippen MR) is 90.2 cm³/mol. The van der Waals surface area contributed by atoms with Crippen molar-refractivity contribution in [2.24, 2.45) is 0 Å². The van der Waals surface area contributed by atoms with Crippen LogP contribution in [0.5, 0.6) is 0 Å². The van der Waals surface area contributed by atoms with E-state index in [1.54, 1.807) is 18.0 Å². The highest BCUT2D eigenvalue weighted by molar-refractivity contribution is 5.92. The lowest BCUT2D eigenvalue weighted by molar-refractivity contribution is 0.0779. The number of hydrogen-bond acceptors (Lipinski definition) is 4. The van der Waals surface area contributed by atoms with E-state index in [1.165, 1.54) is 32.0 Å². The average molecular weight is 310 g/mol. The molecule has 0 aliphatic heterocycles. The molecule has 1 aromatic carbocycles. The molecule has 23 heavy (non-hydrogen) atoms. The van der Waals surface area contributed by atoms with Gasteiger partial charge in [-0.15, -0.1) is 0 Å². The molecule has 1 aliphatic carbocycles. The first-order valence-corrected chi connectivity index (χ1v) is 8.10. The van der Waals surface area contributed by atoms with Crippen LogP contribution in [0.4, 0.5) is 5.82 Å². The Morgan fingerprint density at radius 2 is 1.96 bits per heavy atom. The van der Waals surface area contributed by atoms with Gasteiger partial charge in [0.05, 0.1) is 0 Å². The first kappa shape index (κ1) is 15.5. The normalized spacial score (nSPS) is 14.7. The van der Waals surface area contributed by atoms with Gasteiger partial charge in [0.25, 0.3) is 5.91 Å². The molecule has 0 saturated heterocycles. The summed E-state index contributed by atoms with van der Waals surface area (Å²) in [5.41, 5.74) is 1.53. The van der Waals surface area contributed by atoms with Crippen molar-refractivity contribution in [3.63, 3.8) is 0 Å². The van der Waals surface area contributed by atoms with Crippen LogP contribution < -0.4 is 5.32 Å². The second kappa shape index (κ2) is 7.22. The maximum Gasteiger partial charge on any atom is 0.272 e. The molecular weight excluding hydrogens is 288 g/mol. The zero-order valence-corrected chi connectivity index (χ0v) is 13.4. The van der Waals surface area contributed by atoms with Crippen molar-refractivity contribution < 1.29 is 4.79 Å². The Morgan fingerprint density at radius 1 is 1.22 bits per heavy atom. The summed E-state index contributed by atoms with van der Waals surface area (Å²) in [7, 11) is 1.79. The molecule has 1 N–H and O–H groups in total. The molecule has 1 aromatic heterocycles. The van der Waals surface area contributed by atoms with Gasteiger partial charge >= 0.3 is 0 Å². The van der Waals surface area contributed by atoms with Gasteiger partial charge in [-0.2, -0.15) is 0 Å². The van der Waals surface area contributed by atoms with E-state index in [0.29, 0.717) is 18.3 Å². The molecule has 120 valence electrons. The van der Waals surface area contributed by atoms with Crippen molar-refractivity contribution in [1.29, 1.82) is 0 Å². The smallest absolute Gasteiger partial charge is 0.272 e. The van der Waals surface area contributed by atoms with Crippen LogP contribution >= 0.6 is 0 Å². The van der Waals surface area contributed by atoms with E-state index in [2.05, 4.69) is 15.3 Å². The maximum absolute atomic E-state index is 12.5. The minimum Gasteiger partial charge on any atom is -0.367 e. The second-order valence-electron chi connectivity index (χ2n) is 6.06. The maximum atomic E-state index is 12.5.